The van der Waals surface area contributed by atoms with Gasteiger partial charge >= 0.3 is 0 Å². The smallest absolute Gasteiger partial charge is 0.127 e. The summed E-state index contributed by atoms with van der Waals surface area (Å²) in [6, 6.07) is 0.419. The average molecular weight is 305 g/mol. The molecule has 0 aliphatic carbocycles. The minimum absolute atomic E-state index is 0.412. The molecule has 0 saturated carbocycles. The standard InChI is InChI=1S/C17H27N3S/c1-7-8-18-12(5)14(10(2)3)16-15-11(4)13(6)21-17(15)20-9-19-16/h9-10,12,14,18H,7-8H2,1-6H3. The summed E-state index contributed by atoms with van der Waals surface area (Å²) >= 11 is 1.78. The Morgan fingerprint density at radius 3 is 2.52 bits per heavy atom. The Hall–Kier alpha value is -1.00. The van der Waals surface area contributed by atoms with Crippen LogP contribution in [-0.2, 0) is 0 Å². The summed E-state index contributed by atoms with van der Waals surface area (Å²) in [5.41, 5.74) is 2.56. The normalized spacial score (nSPS) is 14.8. The molecule has 0 aliphatic rings. The van der Waals surface area contributed by atoms with E-state index in [1.54, 1.807) is 17.7 Å². The fourth-order valence-electron chi connectivity index (χ4n) is 3.09. The lowest BCUT2D eigenvalue weighted by Crippen LogP contribution is -2.35. The number of rotatable bonds is 6. The van der Waals surface area contributed by atoms with E-state index in [-0.39, 0.29) is 0 Å². The van der Waals surface area contributed by atoms with Crippen molar-refractivity contribution in [2.45, 2.75) is 59.9 Å². The van der Waals surface area contributed by atoms with Crippen molar-refractivity contribution in [1.29, 1.82) is 0 Å². The molecular weight excluding hydrogens is 278 g/mol. The summed E-state index contributed by atoms with van der Waals surface area (Å²) in [5.74, 6) is 0.955. The first kappa shape index (κ1) is 16.4. The molecule has 116 valence electrons. The molecule has 2 rings (SSSR count). The van der Waals surface area contributed by atoms with Crippen LogP contribution in [0.3, 0.4) is 0 Å². The lowest BCUT2D eigenvalue weighted by atomic mass is 9.84. The minimum atomic E-state index is 0.412. The second-order valence-corrected chi connectivity index (χ2v) is 7.44. The van der Waals surface area contributed by atoms with Crippen LogP contribution in [0.4, 0.5) is 0 Å². The summed E-state index contributed by atoms with van der Waals surface area (Å²) in [7, 11) is 0. The third kappa shape index (κ3) is 3.27. The minimum Gasteiger partial charge on any atom is -0.314 e. The molecular formula is C17H27N3S. The van der Waals surface area contributed by atoms with Crippen LogP contribution in [0.25, 0.3) is 10.2 Å². The van der Waals surface area contributed by atoms with Gasteiger partial charge in [-0.05, 0) is 45.2 Å². The molecule has 0 radical (unpaired) electrons. The van der Waals surface area contributed by atoms with E-state index in [4.69, 9.17) is 0 Å². The molecule has 1 N–H and O–H groups in total. The van der Waals surface area contributed by atoms with Crippen molar-refractivity contribution in [3.05, 3.63) is 22.5 Å². The predicted molar refractivity (Wildman–Crippen MR) is 92.2 cm³/mol. The van der Waals surface area contributed by atoms with Crippen molar-refractivity contribution in [2.75, 3.05) is 6.54 Å². The second-order valence-electron chi connectivity index (χ2n) is 6.23. The van der Waals surface area contributed by atoms with E-state index in [1.807, 2.05) is 0 Å². The highest BCUT2D eigenvalue weighted by atomic mass is 32.1. The third-order valence-electron chi connectivity index (χ3n) is 4.28. The van der Waals surface area contributed by atoms with Gasteiger partial charge in [0.05, 0.1) is 5.69 Å². The molecule has 2 heterocycles. The van der Waals surface area contributed by atoms with Crippen molar-refractivity contribution < 1.29 is 0 Å². The Bertz CT molecular complexity index is 603. The van der Waals surface area contributed by atoms with Gasteiger partial charge < -0.3 is 5.32 Å². The van der Waals surface area contributed by atoms with Gasteiger partial charge in [-0.25, -0.2) is 9.97 Å². The van der Waals surface area contributed by atoms with Gasteiger partial charge in [-0.1, -0.05) is 20.8 Å². The molecule has 2 aromatic heterocycles. The van der Waals surface area contributed by atoms with Crippen LogP contribution in [0.5, 0.6) is 0 Å². The van der Waals surface area contributed by atoms with E-state index in [2.05, 4.69) is 56.8 Å². The van der Waals surface area contributed by atoms with Gasteiger partial charge in [-0.2, -0.15) is 0 Å². The number of fused-ring (bicyclic) bond motifs is 1. The zero-order valence-electron chi connectivity index (χ0n) is 14.0. The van der Waals surface area contributed by atoms with Crippen LogP contribution in [0.1, 0.15) is 56.2 Å². The maximum absolute atomic E-state index is 4.69. The molecule has 0 aliphatic heterocycles. The number of nitrogens with one attached hydrogen (secondary N) is 1. The molecule has 2 aromatic rings. The number of nitrogens with zero attached hydrogens (tertiary/aromatic N) is 2. The maximum atomic E-state index is 4.69. The monoisotopic (exact) mass is 305 g/mol. The Morgan fingerprint density at radius 2 is 1.90 bits per heavy atom. The van der Waals surface area contributed by atoms with Crippen molar-refractivity contribution >= 4 is 21.6 Å². The molecule has 0 bridgehead atoms. The van der Waals surface area contributed by atoms with Gasteiger partial charge in [0.2, 0.25) is 0 Å². The van der Waals surface area contributed by atoms with Gasteiger partial charge in [0.25, 0.3) is 0 Å². The number of hydrogen-bond acceptors (Lipinski definition) is 4. The Labute approximate surface area is 132 Å². The van der Waals surface area contributed by atoms with Crippen molar-refractivity contribution in [2.24, 2.45) is 5.92 Å². The molecule has 0 aromatic carbocycles. The Morgan fingerprint density at radius 1 is 1.19 bits per heavy atom. The predicted octanol–water partition coefficient (Wildman–Crippen LogP) is 4.44. The van der Waals surface area contributed by atoms with E-state index in [9.17, 15) is 0 Å². The first-order valence-electron chi connectivity index (χ1n) is 7.91. The van der Waals surface area contributed by atoms with E-state index in [0.29, 0.717) is 17.9 Å². The van der Waals surface area contributed by atoms with Gasteiger partial charge in [0.15, 0.2) is 0 Å². The molecule has 4 heteroatoms. The van der Waals surface area contributed by atoms with Crippen molar-refractivity contribution in [3.63, 3.8) is 0 Å². The van der Waals surface area contributed by atoms with Crippen molar-refractivity contribution in [3.8, 4) is 0 Å². The first-order valence-corrected chi connectivity index (χ1v) is 8.73. The highest BCUT2D eigenvalue weighted by Gasteiger charge is 2.27. The molecule has 0 amide bonds. The maximum Gasteiger partial charge on any atom is 0.127 e. The Balaban J connectivity index is 2.50. The molecule has 0 saturated heterocycles. The van der Waals surface area contributed by atoms with Crippen LogP contribution in [-0.4, -0.2) is 22.6 Å². The summed E-state index contributed by atoms with van der Waals surface area (Å²) in [4.78, 5) is 11.6. The van der Waals surface area contributed by atoms with Crippen LogP contribution in [0.2, 0.25) is 0 Å². The van der Waals surface area contributed by atoms with Gasteiger partial charge in [-0.15, -0.1) is 11.3 Å². The van der Waals surface area contributed by atoms with E-state index < -0.39 is 0 Å². The van der Waals surface area contributed by atoms with Crippen LogP contribution in [0, 0.1) is 19.8 Å². The zero-order chi connectivity index (χ0) is 15.6. The molecule has 0 fully saturated rings. The highest BCUT2D eigenvalue weighted by Crippen LogP contribution is 2.36. The highest BCUT2D eigenvalue weighted by molar-refractivity contribution is 7.18. The first-order chi connectivity index (χ1) is 9.97. The summed E-state index contributed by atoms with van der Waals surface area (Å²) in [6.45, 7) is 14.5. The fraction of sp³-hybridized carbons (Fsp3) is 0.647. The fourth-order valence-corrected chi connectivity index (χ4v) is 4.10. The molecule has 0 spiro atoms. The van der Waals surface area contributed by atoms with E-state index >= 15 is 0 Å². The number of aryl methyl sites for hydroxylation is 2. The molecule has 3 nitrogen and oxygen atoms in total. The number of aromatic nitrogens is 2. The van der Waals surface area contributed by atoms with Gasteiger partial charge in [-0.3, -0.25) is 0 Å². The molecule has 2 unspecified atom stereocenters. The summed E-state index contributed by atoms with van der Waals surface area (Å²) in [6.07, 6.45) is 2.89. The number of hydrogen-bond donors (Lipinski definition) is 1. The third-order valence-corrected chi connectivity index (χ3v) is 5.40. The van der Waals surface area contributed by atoms with E-state index in [0.717, 1.165) is 17.8 Å². The van der Waals surface area contributed by atoms with Crippen LogP contribution in [0.15, 0.2) is 6.33 Å². The van der Waals surface area contributed by atoms with Gasteiger partial charge in [0, 0.05) is 22.2 Å². The quantitative estimate of drug-likeness (QED) is 0.857. The lowest BCUT2D eigenvalue weighted by Gasteiger charge is -2.28. The summed E-state index contributed by atoms with van der Waals surface area (Å²) < 4.78 is 0. The summed E-state index contributed by atoms with van der Waals surface area (Å²) in [5, 5.41) is 4.93. The van der Waals surface area contributed by atoms with Crippen LogP contribution >= 0.6 is 11.3 Å². The van der Waals surface area contributed by atoms with Gasteiger partial charge in [0.1, 0.15) is 11.2 Å². The Kier molecular flexibility index (Phi) is 5.33. The molecule has 21 heavy (non-hydrogen) atoms. The van der Waals surface area contributed by atoms with E-state index in [1.165, 1.54) is 21.5 Å². The largest absolute Gasteiger partial charge is 0.314 e. The molecule has 2 atom stereocenters. The van der Waals surface area contributed by atoms with Crippen LogP contribution < -0.4 is 5.32 Å². The number of thiophene rings is 1. The van der Waals surface area contributed by atoms with Crippen molar-refractivity contribution in [1.82, 2.24) is 15.3 Å². The lowest BCUT2D eigenvalue weighted by molar-refractivity contribution is 0.373. The SMILES string of the molecule is CCCNC(C)C(c1ncnc2sc(C)c(C)c12)C(C)C. The second kappa shape index (κ2) is 6.84. The zero-order valence-corrected chi connectivity index (χ0v) is 14.8. The average Bonchev–Trinajstić information content (AvgIpc) is 2.72. The topological polar surface area (TPSA) is 37.8 Å².